The SMILES string of the molecule is [2H]C([2H])([2H])N1C(=O)c2cccc(OC(F)F)c2[C@H]2C[C@@H]1c1nc3ccc(C#CC4CC4)c(F)c3n12. The Bertz CT molecular complexity index is 1450. The van der Waals surface area contributed by atoms with Crippen molar-refractivity contribution in [1.82, 2.24) is 14.5 Å². The number of aromatic nitrogens is 2. The maximum Gasteiger partial charge on any atom is 0.387 e. The number of amides is 1. The predicted octanol–water partition coefficient (Wildman–Crippen LogP) is 4.66. The minimum atomic E-state index is -3.17. The molecule has 1 amide bonds. The van der Waals surface area contributed by atoms with Gasteiger partial charge in [-0.05, 0) is 37.1 Å². The van der Waals surface area contributed by atoms with Gasteiger partial charge in [0.15, 0.2) is 5.82 Å². The topological polar surface area (TPSA) is 47.4 Å². The molecule has 2 atom stereocenters. The zero-order chi connectivity index (χ0) is 24.6. The van der Waals surface area contributed by atoms with E-state index in [2.05, 4.69) is 16.8 Å². The van der Waals surface area contributed by atoms with Gasteiger partial charge in [-0.1, -0.05) is 17.9 Å². The van der Waals surface area contributed by atoms with Crippen molar-refractivity contribution in [3.8, 4) is 17.6 Å². The van der Waals surface area contributed by atoms with Crippen LogP contribution in [-0.4, -0.2) is 33.9 Å². The number of hydrogen-bond acceptors (Lipinski definition) is 3. The van der Waals surface area contributed by atoms with Crippen LogP contribution in [0.5, 0.6) is 5.75 Å². The monoisotopic (exact) mass is 440 g/mol. The summed E-state index contributed by atoms with van der Waals surface area (Å²) in [5.41, 5.74) is 0.531. The number of halogens is 3. The molecule has 0 N–H and O–H groups in total. The largest absolute Gasteiger partial charge is 0.434 e. The molecule has 1 fully saturated rings. The number of alkyl halides is 2. The van der Waals surface area contributed by atoms with Crippen LogP contribution >= 0.6 is 0 Å². The average Bonchev–Trinajstić information content (AvgIpc) is 3.46. The molecule has 32 heavy (non-hydrogen) atoms. The number of hydrogen-bond donors (Lipinski definition) is 0. The fourth-order valence-electron chi connectivity index (χ4n) is 4.65. The van der Waals surface area contributed by atoms with Crippen molar-refractivity contribution < 1.29 is 26.8 Å². The predicted molar refractivity (Wildman–Crippen MR) is 110 cm³/mol. The molecule has 8 heteroatoms. The summed E-state index contributed by atoms with van der Waals surface area (Å²) in [4.78, 5) is 18.6. The van der Waals surface area contributed by atoms with Crippen molar-refractivity contribution in [3.05, 3.63) is 58.7 Å². The second-order valence-corrected chi connectivity index (χ2v) is 8.22. The smallest absolute Gasteiger partial charge is 0.387 e. The van der Waals surface area contributed by atoms with Gasteiger partial charge in [0.1, 0.15) is 17.1 Å². The van der Waals surface area contributed by atoms with E-state index in [9.17, 15) is 13.6 Å². The molecule has 1 aliphatic carbocycles. The van der Waals surface area contributed by atoms with Crippen LogP contribution in [0.2, 0.25) is 0 Å². The lowest BCUT2D eigenvalue weighted by molar-refractivity contribution is -0.0507. The lowest BCUT2D eigenvalue weighted by Gasteiger charge is -2.24. The molecule has 3 aliphatic rings. The fraction of sp³-hybridized carbons (Fsp3) is 0.333. The highest BCUT2D eigenvalue weighted by Gasteiger charge is 2.45. The van der Waals surface area contributed by atoms with E-state index in [-0.39, 0.29) is 51.6 Å². The van der Waals surface area contributed by atoms with E-state index in [0.717, 1.165) is 17.7 Å². The minimum absolute atomic E-state index is 0.0242. The lowest BCUT2D eigenvalue weighted by atomic mass is 9.97. The van der Waals surface area contributed by atoms with Crippen LogP contribution in [0.1, 0.15) is 62.8 Å². The van der Waals surface area contributed by atoms with E-state index in [0.29, 0.717) is 0 Å². The third kappa shape index (κ3) is 2.73. The molecule has 2 aromatic carbocycles. The molecule has 2 aliphatic heterocycles. The molecular formula is C24H18F3N3O2. The molecule has 1 saturated carbocycles. The van der Waals surface area contributed by atoms with Crippen LogP contribution in [-0.2, 0) is 0 Å². The van der Waals surface area contributed by atoms with Gasteiger partial charge in [-0.2, -0.15) is 8.78 Å². The van der Waals surface area contributed by atoms with Crippen LogP contribution in [0.25, 0.3) is 11.0 Å². The maximum atomic E-state index is 15.8. The minimum Gasteiger partial charge on any atom is -0.434 e. The first-order valence-corrected chi connectivity index (χ1v) is 10.3. The molecule has 162 valence electrons. The Balaban J connectivity index is 1.64. The average molecular weight is 440 g/mol. The zero-order valence-corrected chi connectivity index (χ0v) is 16.6. The van der Waals surface area contributed by atoms with E-state index in [4.69, 9.17) is 8.85 Å². The summed E-state index contributed by atoms with van der Waals surface area (Å²) < 4.78 is 72.6. The van der Waals surface area contributed by atoms with Crippen LogP contribution in [0.15, 0.2) is 30.3 Å². The molecule has 0 saturated heterocycles. The molecule has 3 heterocycles. The first-order chi connectivity index (χ1) is 16.6. The fourth-order valence-corrected chi connectivity index (χ4v) is 4.65. The van der Waals surface area contributed by atoms with Crippen LogP contribution in [0, 0.1) is 23.6 Å². The summed E-state index contributed by atoms with van der Waals surface area (Å²) in [6, 6.07) is 5.27. The van der Waals surface area contributed by atoms with Crippen molar-refractivity contribution in [1.29, 1.82) is 0 Å². The number of fused-ring (bicyclic) bond motifs is 9. The Morgan fingerprint density at radius 1 is 1.25 bits per heavy atom. The summed E-state index contributed by atoms with van der Waals surface area (Å²) >= 11 is 0. The zero-order valence-electron chi connectivity index (χ0n) is 19.6. The van der Waals surface area contributed by atoms with Crippen LogP contribution < -0.4 is 4.74 Å². The first kappa shape index (κ1) is 16.2. The van der Waals surface area contributed by atoms with E-state index in [1.807, 2.05) is 0 Å². The van der Waals surface area contributed by atoms with Crippen LogP contribution in [0.4, 0.5) is 13.2 Å². The summed E-state index contributed by atoms with van der Waals surface area (Å²) in [6.07, 6.45) is 1.98. The highest BCUT2D eigenvalue weighted by Crippen LogP contribution is 2.50. The van der Waals surface area contributed by atoms with Gasteiger partial charge < -0.3 is 14.2 Å². The standard InChI is InChI=1S/C24H18F3N3O2/c1-29-17-11-16(19-14(23(29)31)3-2-4-18(19)32-24(26)27)30-21-15(28-22(17)30)10-9-13(20(21)25)8-7-12-5-6-12/h2-4,9-10,12,16-17,24H,5-6,11H2,1H3/t16-,17-/m1/s1/i1D3. The summed E-state index contributed by atoms with van der Waals surface area (Å²) in [6.45, 7) is -6.02. The Morgan fingerprint density at radius 2 is 2.09 bits per heavy atom. The van der Waals surface area contributed by atoms with Gasteiger partial charge in [0.25, 0.3) is 5.91 Å². The number of ether oxygens (including phenoxy) is 1. The summed E-state index contributed by atoms with van der Waals surface area (Å²) in [7, 11) is 0. The quantitative estimate of drug-likeness (QED) is 0.545. The maximum absolute atomic E-state index is 15.8. The van der Waals surface area contributed by atoms with Gasteiger partial charge in [0.05, 0.1) is 23.2 Å². The third-order valence-electron chi connectivity index (χ3n) is 6.24. The summed E-state index contributed by atoms with van der Waals surface area (Å²) in [5.74, 6) is 4.60. The molecule has 5 nitrogen and oxygen atoms in total. The number of rotatable bonds is 2. The van der Waals surface area contributed by atoms with E-state index in [1.165, 1.54) is 28.8 Å². The Labute approximate surface area is 186 Å². The van der Waals surface area contributed by atoms with Crippen molar-refractivity contribution >= 4 is 16.9 Å². The number of benzene rings is 2. The number of carbonyl (C=O) groups excluding carboxylic acids is 1. The molecule has 0 radical (unpaired) electrons. The van der Waals surface area contributed by atoms with E-state index < -0.39 is 37.4 Å². The van der Waals surface area contributed by atoms with Gasteiger partial charge in [-0.15, -0.1) is 0 Å². The molecular weight excluding hydrogens is 419 g/mol. The number of nitrogens with zero attached hydrogens (tertiary/aromatic N) is 3. The van der Waals surface area contributed by atoms with Gasteiger partial charge in [-0.3, -0.25) is 4.79 Å². The molecule has 2 bridgehead atoms. The molecule has 6 rings (SSSR count). The number of imidazole rings is 1. The molecule has 0 unspecified atom stereocenters. The highest BCUT2D eigenvalue weighted by atomic mass is 19.3. The van der Waals surface area contributed by atoms with Crippen molar-refractivity contribution in [2.45, 2.75) is 38.0 Å². The molecule has 1 aromatic heterocycles. The molecule has 3 aromatic rings. The second-order valence-electron chi connectivity index (χ2n) is 8.22. The van der Waals surface area contributed by atoms with Crippen molar-refractivity contribution in [3.63, 3.8) is 0 Å². The first-order valence-electron chi connectivity index (χ1n) is 11.8. The van der Waals surface area contributed by atoms with Crippen molar-refractivity contribution in [2.24, 2.45) is 5.92 Å². The van der Waals surface area contributed by atoms with Gasteiger partial charge >= 0.3 is 6.61 Å². The van der Waals surface area contributed by atoms with E-state index >= 15 is 4.39 Å². The normalized spacial score (nSPS) is 23.1. The Morgan fingerprint density at radius 3 is 2.84 bits per heavy atom. The van der Waals surface area contributed by atoms with E-state index in [1.54, 1.807) is 6.07 Å². The lowest BCUT2D eigenvalue weighted by Crippen LogP contribution is -2.30. The highest BCUT2D eigenvalue weighted by molar-refractivity contribution is 5.97. The Kier molecular flexibility index (Phi) is 3.42. The number of carbonyl (C=O) groups is 1. The summed E-state index contributed by atoms with van der Waals surface area (Å²) in [5, 5.41) is 0. The second kappa shape index (κ2) is 6.76. The van der Waals surface area contributed by atoms with Crippen molar-refractivity contribution in [2.75, 3.05) is 6.98 Å². The van der Waals surface area contributed by atoms with Gasteiger partial charge in [0, 0.05) is 34.6 Å². The molecule has 0 spiro atoms. The van der Waals surface area contributed by atoms with Gasteiger partial charge in [0.2, 0.25) is 0 Å². The van der Waals surface area contributed by atoms with Crippen LogP contribution in [0.3, 0.4) is 0 Å². The third-order valence-corrected chi connectivity index (χ3v) is 6.24. The van der Waals surface area contributed by atoms with Gasteiger partial charge in [-0.25, -0.2) is 9.37 Å². The Hall–Kier alpha value is -3.47.